The van der Waals surface area contributed by atoms with Crippen LogP contribution in [0.4, 0.5) is 0 Å². The summed E-state index contributed by atoms with van der Waals surface area (Å²) in [6.45, 7) is 22.6. The van der Waals surface area contributed by atoms with Crippen LogP contribution in [0.1, 0.15) is 85.8 Å². The van der Waals surface area contributed by atoms with Gasteiger partial charge in [-0.15, -0.1) is 0 Å². The van der Waals surface area contributed by atoms with Gasteiger partial charge in [0.15, 0.2) is 0 Å². The van der Waals surface area contributed by atoms with Crippen LogP contribution in [0.25, 0.3) is 5.57 Å². The summed E-state index contributed by atoms with van der Waals surface area (Å²) in [7, 11) is 5.60. The molecule has 4 aliphatic rings. The molecule has 11 heteroatoms. The van der Waals surface area contributed by atoms with Crippen molar-refractivity contribution < 1.29 is 29.4 Å². The smallest absolute Gasteiger partial charge is 0.244 e. The Labute approximate surface area is 330 Å². The Morgan fingerprint density at radius 2 is 1.84 bits per heavy atom. The molecule has 1 aliphatic heterocycles. The number of aliphatic hydroxyl groups excluding tert-OH is 2. The summed E-state index contributed by atoms with van der Waals surface area (Å²) >= 11 is 0. The normalized spacial score (nSPS) is 27.6. The number of methoxy groups -OCH3 is 1. The third kappa shape index (κ3) is 11.0. The molecule has 0 unspecified atom stereocenters. The number of rotatable bonds is 19. The number of ether oxygens (including phenoxy) is 1. The van der Waals surface area contributed by atoms with Gasteiger partial charge in [-0.05, 0) is 93.0 Å². The lowest BCUT2D eigenvalue weighted by atomic mass is 9.45. The van der Waals surface area contributed by atoms with Crippen LogP contribution in [-0.2, 0) is 21.0 Å². The van der Waals surface area contributed by atoms with E-state index in [9.17, 15) is 19.8 Å². The molecule has 0 spiro atoms. The van der Waals surface area contributed by atoms with E-state index in [0.717, 1.165) is 37.1 Å². The third-order valence-electron chi connectivity index (χ3n) is 12.2. The van der Waals surface area contributed by atoms with Gasteiger partial charge in [0.05, 0.1) is 26.4 Å². The molecule has 3 aliphatic carbocycles. The van der Waals surface area contributed by atoms with Crippen LogP contribution in [0.2, 0.25) is 0 Å². The predicted octanol–water partition coefficient (Wildman–Crippen LogP) is 5.15. The second-order valence-electron chi connectivity index (χ2n) is 18.1. The monoisotopic (exact) mass is 766 g/mol. The first-order valence-electron chi connectivity index (χ1n) is 20.3. The minimum absolute atomic E-state index is 0.00204. The van der Waals surface area contributed by atoms with Gasteiger partial charge in [0, 0.05) is 54.0 Å². The van der Waals surface area contributed by atoms with Crippen LogP contribution in [0, 0.1) is 40.9 Å². The quantitative estimate of drug-likeness (QED) is 0.0959. The van der Waals surface area contributed by atoms with Gasteiger partial charge < -0.3 is 35.8 Å². The van der Waals surface area contributed by atoms with Crippen LogP contribution in [0.5, 0.6) is 5.75 Å². The highest BCUT2D eigenvalue weighted by Crippen LogP contribution is 2.61. The number of carbonyl (C=O) groups excluding carboxylic acids is 2. The summed E-state index contributed by atoms with van der Waals surface area (Å²) in [5, 5.41) is 32.9. The zero-order valence-electron chi connectivity index (χ0n) is 35.4. The maximum atomic E-state index is 14.3. The van der Waals surface area contributed by atoms with E-state index in [1.54, 1.807) is 31.2 Å². The van der Waals surface area contributed by atoms with Crippen molar-refractivity contribution in [1.29, 1.82) is 0 Å². The molecule has 4 fully saturated rings. The minimum atomic E-state index is -0.907. The highest BCUT2D eigenvalue weighted by atomic mass is 16.7. The summed E-state index contributed by atoms with van der Waals surface area (Å²) in [6.07, 6.45) is 6.55. The minimum Gasteiger partial charge on any atom is -0.496 e. The van der Waals surface area contributed by atoms with Crippen molar-refractivity contribution >= 4 is 17.4 Å². The highest BCUT2D eigenvalue weighted by Gasteiger charge is 2.57. The predicted molar refractivity (Wildman–Crippen MR) is 220 cm³/mol. The summed E-state index contributed by atoms with van der Waals surface area (Å²) < 4.78 is 6.09. The van der Waals surface area contributed by atoms with Crippen molar-refractivity contribution in [3.63, 3.8) is 0 Å². The van der Waals surface area contributed by atoms with Crippen LogP contribution in [0.3, 0.4) is 0 Å². The number of benzene rings is 1. The fourth-order valence-electron chi connectivity index (χ4n) is 9.22. The van der Waals surface area contributed by atoms with Crippen molar-refractivity contribution in [1.82, 2.24) is 25.9 Å². The van der Waals surface area contributed by atoms with E-state index in [-0.39, 0.29) is 42.5 Å². The number of aliphatic hydroxyl groups is 2. The number of hydrogen-bond donors (Lipinski definition) is 5. The maximum Gasteiger partial charge on any atom is 0.244 e. The molecule has 1 aromatic carbocycles. The molecule has 308 valence electrons. The molecule has 11 nitrogen and oxygen atoms in total. The summed E-state index contributed by atoms with van der Waals surface area (Å²) in [4.78, 5) is 36.0. The van der Waals surface area contributed by atoms with E-state index in [4.69, 9.17) is 9.57 Å². The zero-order chi connectivity index (χ0) is 40.8. The lowest BCUT2D eigenvalue weighted by Gasteiger charge is -2.62. The van der Waals surface area contributed by atoms with Gasteiger partial charge in [0.1, 0.15) is 17.9 Å². The van der Waals surface area contributed by atoms with Crippen molar-refractivity contribution in [3.05, 3.63) is 59.8 Å². The Hall–Kier alpha value is -3.22. The van der Waals surface area contributed by atoms with E-state index in [1.807, 2.05) is 38.4 Å². The Morgan fingerprint density at radius 1 is 1.13 bits per heavy atom. The molecule has 5 rings (SSSR count). The third-order valence-corrected chi connectivity index (χ3v) is 12.2. The lowest BCUT2D eigenvalue weighted by molar-refractivity contribution is -0.183. The van der Waals surface area contributed by atoms with Gasteiger partial charge in [-0.3, -0.25) is 14.4 Å². The van der Waals surface area contributed by atoms with Crippen LogP contribution >= 0.6 is 0 Å². The number of para-hydroxylation sites is 1. The molecule has 2 amide bonds. The summed E-state index contributed by atoms with van der Waals surface area (Å²) in [5.41, 5.74) is 3.15. The zero-order valence-corrected chi connectivity index (χ0v) is 35.4. The van der Waals surface area contributed by atoms with E-state index in [1.165, 1.54) is 6.42 Å². The molecule has 1 heterocycles. The second kappa shape index (κ2) is 19.3. The topological polar surface area (TPSA) is 136 Å². The van der Waals surface area contributed by atoms with Crippen molar-refractivity contribution in [3.8, 4) is 5.75 Å². The van der Waals surface area contributed by atoms with Crippen molar-refractivity contribution in [2.75, 3.05) is 40.9 Å². The van der Waals surface area contributed by atoms with Gasteiger partial charge in [0.2, 0.25) is 11.8 Å². The number of nitrogens with one attached hydrogen (secondary N) is 3. The van der Waals surface area contributed by atoms with Gasteiger partial charge in [-0.25, -0.2) is 0 Å². The fraction of sp³-hybridized carbons (Fsp3) is 0.682. The molecule has 2 bridgehead atoms. The number of likely N-dealkylation sites (N-methyl/N-ethyl adjacent to an activating group) is 1. The molecule has 0 aromatic heterocycles. The lowest BCUT2D eigenvalue weighted by Crippen LogP contribution is -2.62. The first-order chi connectivity index (χ1) is 25.9. The fourth-order valence-corrected chi connectivity index (χ4v) is 9.22. The Balaban J connectivity index is 1.65. The Bertz CT molecular complexity index is 1530. The Morgan fingerprint density at radius 3 is 2.40 bits per heavy atom. The van der Waals surface area contributed by atoms with E-state index in [2.05, 4.69) is 75.9 Å². The molecular formula is C44H71N5O6. The highest BCUT2D eigenvalue weighted by molar-refractivity contribution is 5.92. The van der Waals surface area contributed by atoms with Gasteiger partial charge >= 0.3 is 0 Å². The number of nitrogens with zero attached hydrogens (tertiary/aromatic N) is 2. The molecule has 3 saturated carbocycles. The average Bonchev–Trinajstić information content (AvgIpc) is 3.47. The van der Waals surface area contributed by atoms with Crippen molar-refractivity contribution in [2.24, 2.45) is 40.9 Å². The molecule has 5 N–H and O–H groups in total. The average molecular weight is 766 g/mol. The molecule has 1 aromatic rings. The maximum absolute atomic E-state index is 14.3. The number of hydroxylamine groups is 2. The number of carbonyl (C=O) groups is 2. The van der Waals surface area contributed by atoms with Gasteiger partial charge in [0.25, 0.3) is 0 Å². The molecule has 1 saturated heterocycles. The number of fused-ring (bicyclic) bond motifs is 2. The number of allylic oxidation sites excluding steroid dienone is 3. The van der Waals surface area contributed by atoms with Crippen LogP contribution in [0.15, 0.2) is 48.7 Å². The van der Waals surface area contributed by atoms with E-state index < -0.39 is 24.2 Å². The molecule has 55 heavy (non-hydrogen) atoms. The summed E-state index contributed by atoms with van der Waals surface area (Å²) in [5.74, 6) is 1.77. The Kier molecular flexibility index (Phi) is 15.6. The largest absolute Gasteiger partial charge is 0.496 e. The number of amides is 2. The van der Waals surface area contributed by atoms with Crippen molar-refractivity contribution in [2.45, 2.75) is 112 Å². The summed E-state index contributed by atoms with van der Waals surface area (Å²) in [6, 6.07) is 4.95. The van der Waals surface area contributed by atoms with E-state index in [0.29, 0.717) is 46.6 Å². The van der Waals surface area contributed by atoms with Crippen LogP contribution < -0.4 is 20.7 Å². The van der Waals surface area contributed by atoms with Crippen LogP contribution in [-0.4, -0.2) is 103 Å². The first-order valence-corrected chi connectivity index (χ1v) is 20.3. The standard InChI is InChI=1S/C44H71N5O6/c1-26(2)18-34(24-48(10)11)46-39(52)17-16-31(19-28(5)45-22-27(3)4)35-15-13-14-32(42(35)54-12)23-49-41(40(30(7)51)38(25-50)55-49)43(53)47-37-21-33-20-36(29(37)6)44(33,8)9/h13-17,19,26-27,29-30,33-34,36-38,40-41,45,50-51H,5,18,20-25H2,1-4,6-12H3,(H,46,52)(H,47,53)/b17-16+,31-19+/t29-,30-,33-,34-,36-,37-,38-,40+,41-/m0/s1. The molecular weight excluding hydrogens is 695 g/mol. The van der Waals surface area contributed by atoms with Gasteiger partial charge in [-0.2, -0.15) is 5.06 Å². The molecule has 9 atom stereocenters. The van der Waals surface area contributed by atoms with E-state index >= 15 is 0 Å². The van der Waals surface area contributed by atoms with Gasteiger partial charge in [-0.1, -0.05) is 73.2 Å². The number of hydrogen-bond acceptors (Lipinski definition) is 9. The first kappa shape index (κ1) is 44.5. The molecule has 0 radical (unpaired) electrons. The second-order valence-corrected chi connectivity index (χ2v) is 18.1. The SMILES string of the molecule is C=C(/C=C(\C=C\C(=O)N[C@@H](CC(C)C)CN(C)C)c1cccc(CN2O[C@@H](CO)[C@@H]([C@H](C)O)[C@H]2C(=O)N[C@H]2C[C@@H]3C[C@@H]([C@@H]2C)C3(C)C)c1OC)NCC(C)C.